The number of nitrogens with zero attached hydrogens (tertiary/aromatic N) is 1. The summed E-state index contributed by atoms with van der Waals surface area (Å²) >= 11 is 7.90. The fourth-order valence-corrected chi connectivity index (χ4v) is 6.53. The Morgan fingerprint density at radius 3 is 2.59 bits per heavy atom. The third kappa shape index (κ3) is 3.07. The largest absolute Gasteiger partial charge is 0.367 e. The van der Waals surface area contributed by atoms with Gasteiger partial charge in [-0.05, 0) is 85.8 Å². The van der Waals surface area contributed by atoms with Gasteiger partial charge in [0, 0.05) is 35.8 Å². The van der Waals surface area contributed by atoms with E-state index in [9.17, 15) is 4.79 Å². The van der Waals surface area contributed by atoms with E-state index in [2.05, 4.69) is 42.3 Å². The van der Waals surface area contributed by atoms with Gasteiger partial charge in [0.15, 0.2) is 0 Å². The molecule has 142 valence electrons. The first-order chi connectivity index (χ1) is 12.9. The van der Waals surface area contributed by atoms with Crippen molar-refractivity contribution in [2.45, 2.75) is 52.5 Å². The summed E-state index contributed by atoms with van der Waals surface area (Å²) in [5, 5.41) is 3.20. The van der Waals surface area contributed by atoms with Crippen LogP contribution < -0.4 is 10.2 Å². The molecule has 0 radical (unpaired) electrons. The molecular formula is C22H25ClN2OS. The fraction of sp³-hybridized carbons (Fsp3) is 0.500. The molecule has 0 spiro atoms. The SMILES string of the molecule is Cc1cc(N2CCc3sc(Cl)cc3C2)cc(C)c1NC(=O)CC12CC(C1)C2. The normalized spacial score (nSPS) is 25.4. The Bertz CT molecular complexity index is 894. The molecule has 2 aromatic rings. The molecule has 1 amide bonds. The summed E-state index contributed by atoms with van der Waals surface area (Å²) in [7, 11) is 0. The van der Waals surface area contributed by atoms with Crippen LogP contribution in [0.1, 0.15) is 47.3 Å². The predicted molar refractivity (Wildman–Crippen MR) is 113 cm³/mol. The predicted octanol–water partition coefficient (Wildman–Crippen LogP) is 5.71. The Kier molecular flexibility index (Phi) is 4.07. The van der Waals surface area contributed by atoms with Crippen molar-refractivity contribution < 1.29 is 4.79 Å². The van der Waals surface area contributed by atoms with Crippen molar-refractivity contribution in [1.82, 2.24) is 0 Å². The second-order valence-corrected chi connectivity index (χ2v) is 10.6. The lowest BCUT2D eigenvalue weighted by molar-refractivity contribution is -0.139. The second kappa shape index (κ2) is 6.25. The Labute approximate surface area is 169 Å². The molecule has 4 aliphatic rings. The second-order valence-electron chi connectivity index (χ2n) is 8.83. The molecule has 0 unspecified atom stereocenters. The number of amides is 1. The molecule has 2 heterocycles. The number of halogens is 1. The van der Waals surface area contributed by atoms with Crippen molar-refractivity contribution in [1.29, 1.82) is 0 Å². The third-order valence-electron chi connectivity index (χ3n) is 6.68. The quantitative estimate of drug-likeness (QED) is 0.712. The Balaban J connectivity index is 1.31. The molecule has 0 saturated heterocycles. The molecule has 27 heavy (non-hydrogen) atoms. The summed E-state index contributed by atoms with van der Waals surface area (Å²) < 4.78 is 0.885. The summed E-state index contributed by atoms with van der Waals surface area (Å²) in [6.07, 6.45) is 5.53. The van der Waals surface area contributed by atoms with E-state index >= 15 is 0 Å². The van der Waals surface area contributed by atoms with Gasteiger partial charge < -0.3 is 10.2 Å². The van der Waals surface area contributed by atoms with Gasteiger partial charge in [-0.3, -0.25) is 4.79 Å². The van der Waals surface area contributed by atoms with Gasteiger partial charge in [-0.1, -0.05) is 11.6 Å². The Hall–Kier alpha value is -1.52. The number of aryl methyl sites for hydroxylation is 2. The molecule has 0 atom stereocenters. The lowest BCUT2D eigenvalue weighted by atomic mass is 9.43. The highest BCUT2D eigenvalue weighted by Gasteiger charge is 2.56. The molecule has 3 fully saturated rings. The van der Waals surface area contributed by atoms with Crippen molar-refractivity contribution in [2.75, 3.05) is 16.8 Å². The maximum Gasteiger partial charge on any atom is 0.224 e. The summed E-state index contributed by atoms with van der Waals surface area (Å²) in [6.45, 7) is 6.12. The van der Waals surface area contributed by atoms with Crippen LogP contribution in [0, 0.1) is 25.2 Å². The monoisotopic (exact) mass is 400 g/mol. The van der Waals surface area contributed by atoms with Crippen LogP contribution in [0.25, 0.3) is 0 Å². The van der Waals surface area contributed by atoms with Crippen LogP contribution in [0.4, 0.5) is 11.4 Å². The van der Waals surface area contributed by atoms with Crippen LogP contribution >= 0.6 is 22.9 Å². The van der Waals surface area contributed by atoms with E-state index in [4.69, 9.17) is 11.6 Å². The van der Waals surface area contributed by atoms with Crippen molar-refractivity contribution >= 4 is 40.2 Å². The highest BCUT2D eigenvalue weighted by atomic mass is 35.5. The fourth-order valence-electron chi connectivity index (χ4n) is 5.24. The van der Waals surface area contributed by atoms with Gasteiger partial charge in [0.05, 0.1) is 4.34 Å². The van der Waals surface area contributed by atoms with Crippen molar-refractivity contribution in [3.05, 3.63) is 44.1 Å². The minimum atomic E-state index is 0.183. The number of hydrogen-bond donors (Lipinski definition) is 1. The van der Waals surface area contributed by atoms with Crippen LogP contribution in [0.15, 0.2) is 18.2 Å². The van der Waals surface area contributed by atoms with Gasteiger partial charge in [-0.25, -0.2) is 0 Å². The lowest BCUT2D eigenvalue weighted by Crippen LogP contribution is -2.53. The number of fused-ring (bicyclic) bond motifs is 1. The average molecular weight is 401 g/mol. The van der Waals surface area contributed by atoms with E-state index < -0.39 is 0 Å². The zero-order valence-electron chi connectivity index (χ0n) is 15.9. The van der Waals surface area contributed by atoms with Crippen LogP contribution in [-0.4, -0.2) is 12.5 Å². The number of carbonyl (C=O) groups is 1. The molecule has 3 aliphatic carbocycles. The minimum Gasteiger partial charge on any atom is -0.367 e. The number of hydrogen-bond acceptors (Lipinski definition) is 3. The summed E-state index contributed by atoms with van der Waals surface area (Å²) in [6, 6.07) is 6.53. The van der Waals surface area contributed by atoms with Crippen molar-refractivity contribution in [3.63, 3.8) is 0 Å². The number of carbonyl (C=O) groups excluding carboxylic acids is 1. The van der Waals surface area contributed by atoms with E-state index in [0.717, 1.165) is 46.6 Å². The van der Waals surface area contributed by atoms with E-state index in [1.165, 1.54) is 35.4 Å². The Morgan fingerprint density at radius 2 is 1.96 bits per heavy atom. The molecule has 2 bridgehead atoms. The van der Waals surface area contributed by atoms with Gasteiger partial charge in [-0.15, -0.1) is 11.3 Å². The van der Waals surface area contributed by atoms with Crippen LogP contribution in [0.2, 0.25) is 4.34 Å². The molecule has 5 heteroatoms. The standard InChI is InChI=1S/C22H25ClN2OS/c1-13-5-17(25-4-3-18-16(12-25)7-19(23)27-18)6-14(2)21(13)24-20(26)11-22-8-15(9-22)10-22/h5-7,15H,3-4,8-12H2,1-2H3,(H,24,26). The van der Waals surface area contributed by atoms with Crippen molar-refractivity contribution in [2.24, 2.45) is 11.3 Å². The van der Waals surface area contributed by atoms with E-state index in [-0.39, 0.29) is 5.91 Å². The molecule has 6 rings (SSSR count). The van der Waals surface area contributed by atoms with E-state index in [1.54, 1.807) is 11.3 Å². The molecular weight excluding hydrogens is 376 g/mol. The first-order valence-electron chi connectivity index (χ1n) is 9.84. The number of benzene rings is 1. The molecule has 1 aromatic carbocycles. The van der Waals surface area contributed by atoms with Crippen LogP contribution in [-0.2, 0) is 17.8 Å². The highest BCUT2D eigenvalue weighted by molar-refractivity contribution is 7.16. The Morgan fingerprint density at radius 1 is 1.26 bits per heavy atom. The molecule has 1 N–H and O–H groups in total. The molecule has 1 aliphatic heterocycles. The number of nitrogens with one attached hydrogen (secondary N) is 1. The average Bonchev–Trinajstić information content (AvgIpc) is 2.92. The third-order valence-corrected chi connectivity index (χ3v) is 8.05. The lowest BCUT2D eigenvalue weighted by Gasteiger charge is -2.61. The zero-order valence-corrected chi connectivity index (χ0v) is 17.5. The summed E-state index contributed by atoms with van der Waals surface area (Å²) in [4.78, 5) is 16.4. The number of thiophene rings is 1. The first-order valence-corrected chi connectivity index (χ1v) is 11.0. The van der Waals surface area contributed by atoms with Crippen molar-refractivity contribution in [3.8, 4) is 0 Å². The van der Waals surface area contributed by atoms with Crippen LogP contribution in [0.3, 0.4) is 0 Å². The number of anilines is 2. The van der Waals surface area contributed by atoms with Gasteiger partial charge in [-0.2, -0.15) is 0 Å². The van der Waals surface area contributed by atoms with E-state index in [0.29, 0.717) is 11.8 Å². The number of rotatable bonds is 4. The summed E-state index contributed by atoms with van der Waals surface area (Å²) in [5.74, 6) is 1.10. The molecule has 1 aromatic heterocycles. The topological polar surface area (TPSA) is 32.3 Å². The van der Waals surface area contributed by atoms with Gasteiger partial charge in [0.2, 0.25) is 5.91 Å². The minimum absolute atomic E-state index is 0.183. The smallest absolute Gasteiger partial charge is 0.224 e. The highest BCUT2D eigenvalue weighted by Crippen LogP contribution is 2.66. The van der Waals surface area contributed by atoms with Gasteiger partial charge >= 0.3 is 0 Å². The van der Waals surface area contributed by atoms with E-state index in [1.807, 2.05) is 0 Å². The maximum absolute atomic E-state index is 12.5. The first kappa shape index (κ1) is 17.6. The molecule has 3 saturated carbocycles. The maximum atomic E-state index is 12.5. The summed E-state index contributed by atoms with van der Waals surface area (Å²) in [5.41, 5.74) is 6.21. The van der Waals surface area contributed by atoms with Crippen LogP contribution in [0.5, 0.6) is 0 Å². The van der Waals surface area contributed by atoms with Gasteiger partial charge in [0.1, 0.15) is 0 Å². The molecule has 3 nitrogen and oxygen atoms in total. The van der Waals surface area contributed by atoms with Gasteiger partial charge in [0.25, 0.3) is 0 Å². The zero-order chi connectivity index (χ0) is 18.8.